The van der Waals surface area contributed by atoms with E-state index in [9.17, 15) is 0 Å². The van der Waals surface area contributed by atoms with Gasteiger partial charge in [0.05, 0.1) is 5.41 Å². The van der Waals surface area contributed by atoms with E-state index in [4.69, 9.17) is 0 Å². The average molecular weight is 817 g/mol. The van der Waals surface area contributed by atoms with Crippen LogP contribution in [0.1, 0.15) is 131 Å². The number of hydrogen-bond acceptors (Lipinski definition) is 2. The number of benzene rings is 7. The fraction of sp³-hybridized carbons (Fsp3) is 0.300. The van der Waals surface area contributed by atoms with Crippen LogP contribution in [0.5, 0.6) is 0 Å². The predicted octanol–water partition coefficient (Wildman–Crippen LogP) is 14.1. The molecule has 13 rings (SSSR count). The molecule has 0 saturated heterocycles. The molecule has 0 fully saturated rings. The van der Waals surface area contributed by atoms with Crippen molar-refractivity contribution >= 4 is 46.2 Å². The summed E-state index contributed by atoms with van der Waals surface area (Å²) < 4.78 is 0. The molecule has 0 saturated carbocycles. The van der Waals surface area contributed by atoms with Crippen LogP contribution >= 0.6 is 0 Å². The second-order valence-corrected chi connectivity index (χ2v) is 22.6. The second kappa shape index (κ2) is 12.1. The van der Waals surface area contributed by atoms with E-state index in [0.717, 1.165) is 0 Å². The molecule has 0 aromatic heterocycles. The number of anilines is 5. The van der Waals surface area contributed by atoms with Gasteiger partial charge in [0, 0.05) is 34.0 Å². The molecular weight excluding hydrogens is 759 g/mol. The third kappa shape index (κ3) is 4.66. The van der Waals surface area contributed by atoms with Crippen LogP contribution in [0.25, 0.3) is 22.3 Å². The molecule has 0 N–H and O–H groups in total. The third-order valence-corrected chi connectivity index (χ3v) is 17.2. The van der Waals surface area contributed by atoms with Crippen LogP contribution < -0.4 is 20.6 Å². The topological polar surface area (TPSA) is 6.48 Å². The molecule has 0 radical (unpaired) electrons. The summed E-state index contributed by atoms with van der Waals surface area (Å²) in [5, 5.41) is 0. The Kier molecular flexibility index (Phi) is 7.22. The lowest BCUT2D eigenvalue weighted by atomic mass is 9.41. The number of rotatable bonds is 1. The van der Waals surface area contributed by atoms with Crippen molar-refractivity contribution in [1.82, 2.24) is 0 Å². The van der Waals surface area contributed by atoms with Gasteiger partial charge in [-0.05, 0) is 162 Å². The highest BCUT2D eigenvalue weighted by Crippen LogP contribution is 2.65. The molecule has 0 amide bonds. The molecule has 3 aliphatic carbocycles. The van der Waals surface area contributed by atoms with Crippen molar-refractivity contribution in [1.29, 1.82) is 0 Å². The second-order valence-electron chi connectivity index (χ2n) is 22.6. The Morgan fingerprint density at radius 2 is 0.952 bits per heavy atom. The minimum Gasteiger partial charge on any atom is -0.376 e. The average Bonchev–Trinajstić information content (AvgIpc) is 3.56. The monoisotopic (exact) mass is 816 g/mol. The Hall–Kier alpha value is -5.80. The van der Waals surface area contributed by atoms with Crippen molar-refractivity contribution in [2.75, 3.05) is 9.71 Å². The lowest BCUT2D eigenvalue weighted by Gasteiger charge is -2.53. The number of hydrogen-bond donors (Lipinski definition) is 0. The first kappa shape index (κ1) is 37.7. The maximum atomic E-state index is 2.80. The van der Waals surface area contributed by atoms with E-state index < -0.39 is 5.41 Å². The van der Waals surface area contributed by atoms with E-state index in [0.29, 0.717) is 0 Å². The highest BCUT2D eigenvalue weighted by molar-refractivity contribution is 6.93. The Morgan fingerprint density at radius 1 is 0.413 bits per heavy atom. The summed E-state index contributed by atoms with van der Waals surface area (Å²) in [6, 6.07) is 53.0. The normalized spacial score (nSPS) is 19.8. The van der Waals surface area contributed by atoms with Gasteiger partial charge in [0.2, 0.25) is 0 Å². The van der Waals surface area contributed by atoms with Gasteiger partial charge in [-0.2, -0.15) is 0 Å². The molecule has 63 heavy (non-hydrogen) atoms. The van der Waals surface area contributed by atoms with E-state index in [1.165, 1.54) is 137 Å². The summed E-state index contributed by atoms with van der Waals surface area (Å²) in [6.07, 6.45) is 4.76. The minimum atomic E-state index is -0.453. The Balaban J connectivity index is 1.17. The van der Waals surface area contributed by atoms with Crippen LogP contribution in [0.4, 0.5) is 28.4 Å². The zero-order valence-corrected chi connectivity index (χ0v) is 38.5. The molecule has 0 atom stereocenters. The molecule has 310 valence electrons. The molecule has 3 heterocycles. The molecular formula is C60H57BN2. The van der Waals surface area contributed by atoms with Crippen molar-refractivity contribution < 1.29 is 0 Å². The van der Waals surface area contributed by atoms with Crippen molar-refractivity contribution in [3.8, 4) is 22.3 Å². The first-order valence-electron chi connectivity index (χ1n) is 23.6. The van der Waals surface area contributed by atoms with Gasteiger partial charge in [0.1, 0.15) is 0 Å². The standard InChI is InChI=1S/C60H57BN2/c1-36-31-41-40-19-16-23-46-55(40)63(51-24-15-14-22-45(51)60(46)42-20-12-10-17-38(42)39-18-11-13-21-43(39)60)61-50-34-48-49(59(8,9)30-29-58(48,6)7)35-52(50)62(53(32-36)54(41)61)37-25-26-44-47(33-37)57(4,5)28-27-56(44,2)3/h10-26,31-35H,27-30H2,1-9H3. The highest BCUT2D eigenvalue weighted by atomic mass is 15.2. The van der Waals surface area contributed by atoms with E-state index in [2.05, 4.69) is 205 Å². The zero-order chi connectivity index (χ0) is 43.2. The maximum Gasteiger partial charge on any atom is 0.333 e. The zero-order valence-electron chi connectivity index (χ0n) is 38.5. The van der Waals surface area contributed by atoms with Gasteiger partial charge in [-0.3, -0.25) is 0 Å². The van der Waals surface area contributed by atoms with Crippen LogP contribution in [-0.4, -0.2) is 6.85 Å². The van der Waals surface area contributed by atoms with Crippen molar-refractivity contribution in [2.45, 2.75) is 115 Å². The largest absolute Gasteiger partial charge is 0.376 e. The summed E-state index contributed by atoms with van der Waals surface area (Å²) in [6.45, 7) is 22.1. The summed E-state index contributed by atoms with van der Waals surface area (Å²) in [4.78, 5) is 5.50. The number of aryl methyl sites for hydroxylation is 1. The molecule has 3 aliphatic heterocycles. The van der Waals surface area contributed by atoms with E-state index >= 15 is 0 Å². The third-order valence-electron chi connectivity index (χ3n) is 17.2. The number of nitrogens with zero attached hydrogens (tertiary/aromatic N) is 2. The SMILES string of the molecule is Cc1cc2c3c(c1)N(c1ccc4c(c1)C(C)(C)CCC4(C)C)c1cc4c(cc1B3N1c3ccccc3C3(c5ccccc5-c5ccccc53)c3cccc-2c31)C(C)(C)CCC4(C)C. The van der Waals surface area contributed by atoms with Crippen LogP contribution in [0.15, 0.2) is 133 Å². The molecule has 6 aliphatic rings. The molecule has 7 aromatic rings. The first-order valence-corrected chi connectivity index (χ1v) is 23.6. The van der Waals surface area contributed by atoms with Gasteiger partial charge in [0.15, 0.2) is 0 Å². The predicted molar refractivity (Wildman–Crippen MR) is 266 cm³/mol. The van der Waals surface area contributed by atoms with Crippen molar-refractivity contribution in [3.05, 3.63) is 184 Å². The van der Waals surface area contributed by atoms with Gasteiger partial charge in [-0.1, -0.05) is 159 Å². The van der Waals surface area contributed by atoms with Crippen molar-refractivity contribution in [2.24, 2.45) is 0 Å². The smallest absolute Gasteiger partial charge is 0.333 e. The van der Waals surface area contributed by atoms with Crippen LogP contribution in [-0.2, 0) is 27.1 Å². The van der Waals surface area contributed by atoms with Crippen LogP contribution in [0.3, 0.4) is 0 Å². The van der Waals surface area contributed by atoms with E-state index in [1.54, 1.807) is 0 Å². The lowest BCUT2D eigenvalue weighted by Crippen LogP contribution is -2.63. The molecule has 2 nitrogen and oxygen atoms in total. The summed E-state index contributed by atoms with van der Waals surface area (Å²) >= 11 is 0. The molecule has 1 spiro atoms. The lowest BCUT2D eigenvalue weighted by molar-refractivity contribution is 0.332. The fourth-order valence-electron chi connectivity index (χ4n) is 13.7. The van der Waals surface area contributed by atoms with Gasteiger partial charge >= 0.3 is 6.85 Å². The highest BCUT2D eigenvalue weighted by Gasteiger charge is 2.56. The summed E-state index contributed by atoms with van der Waals surface area (Å²) in [5.74, 6) is 0. The number of fused-ring (bicyclic) bond motifs is 15. The van der Waals surface area contributed by atoms with Crippen LogP contribution in [0.2, 0.25) is 0 Å². The van der Waals surface area contributed by atoms with Gasteiger partial charge in [-0.15, -0.1) is 0 Å². The van der Waals surface area contributed by atoms with Crippen LogP contribution in [0, 0.1) is 6.92 Å². The maximum absolute atomic E-state index is 2.80. The fourth-order valence-corrected chi connectivity index (χ4v) is 13.7. The summed E-state index contributed by atoms with van der Waals surface area (Å²) in [7, 11) is 0. The Morgan fingerprint density at radius 3 is 1.62 bits per heavy atom. The van der Waals surface area contributed by atoms with Gasteiger partial charge < -0.3 is 9.71 Å². The quantitative estimate of drug-likeness (QED) is 0.152. The van der Waals surface area contributed by atoms with E-state index in [-0.39, 0.29) is 28.5 Å². The van der Waals surface area contributed by atoms with Crippen molar-refractivity contribution in [3.63, 3.8) is 0 Å². The molecule has 0 bridgehead atoms. The molecule has 7 aromatic carbocycles. The summed E-state index contributed by atoms with van der Waals surface area (Å²) in [5.41, 5.74) is 27.5. The molecule has 0 unspecified atom stereocenters. The van der Waals surface area contributed by atoms with Gasteiger partial charge in [0.25, 0.3) is 0 Å². The molecule has 3 heteroatoms. The van der Waals surface area contributed by atoms with Gasteiger partial charge in [-0.25, -0.2) is 0 Å². The first-order chi connectivity index (χ1) is 30.1. The minimum absolute atomic E-state index is 0.0277. The van der Waals surface area contributed by atoms with E-state index in [1.807, 2.05) is 0 Å². The number of para-hydroxylation sites is 2. The Labute approximate surface area is 375 Å². The Bertz CT molecular complexity index is 3130.